The number of hydrogen-bond donors (Lipinski definition) is 1. The van der Waals surface area contributed by atoms with Gasteiger partial charge in [-0.3, -0.25) is 4.79 Å². The Bertz CT molecular complexity index is 540. The first-order valence-corrected chi connectivity index (χ1v) is 5.62. The van der Waals surface area contributed by atoms with Crippen molar-refractivity contribution in [3.63, 3.8) is 0 Å². The van der Waals surface area contributed by atoms with Crippen molar-refractivity contribution in [3.05, 3.63) is 53.7 Å². The highest BCUT2D eigenvalue weighted by Crippen LogP contribution is 2.25. The largest absolute Gasteiger partial charge is 0.438 e. The number of benzene rings is 1. The minimum absolute atomic E-state index is 0.0448. The summed E-state index contributed by atoms with van der Waals surface area (Å²) < 4.78 is 5.63. The zero-order chi connectivity index (χ0) is 12.8. The van der Waals surface area contributed by atoms with E-state index in [0.717, 1.165) is 5.56 Å². The van der Waals surface area contributed by atoms with Crippen LogP contribution >= 0.6 is 0 Å². The first-order valence-electron chi connectivity index (χ1n) is 5.62. The van der Waals surface area contributed by atoms with Gasteiger partial charge in [0.2, 0.25) is 5.88 Å². The number of ether oxygens (including phenoxy) is 1. The fraction of sp³-hybridized carbons (Fsp3) is 0.143. The number of hydrogen-bond acceptors (Lipinski definition) is 4. The number of para-hydroxylation sites is 1. The van der Waals surface area contributed by atoms with Crippen molar-refractivity contribution in [3.8, 4) is 11.6 Å². The van der Waals surface area contributed by atoms with Crippen molar-refractivity contribution in [2.24, 2.45) is 0 Å². The topological polar surface area (TPSA) is 59.4 Å². The number of carbonyl (C=O) groups is 1. The van der Waals surface area contributed by atoms with Crippen LogP contribution in [0.2, 0.25) is 0 Å². The Balaban J connectivity index is 2.31. The van der Waals surface area contributed by atoms with Crippen molar-refractivity contribution in [1.82, 2.24) is 4.98 Å². The zero-order valence-corrected chi connectivity index (χ0v) is 9.74. The second-order valence-electron chi connectivity index (χ2n) is 3.70. The lowest BCUT2D eigenvalue weighted by Crippen LogP contribution is -1.98. The van der Waals surface area contributed by atoms with E-state index in [1.54, 1.807) is 24.4 Å². The molecule has 4 nitrogen and oxygen atoms in total. The molecule has 0 amide bonds. The van der Waals surface area contributed by atoms with E-state index >= 15 is 0 Å². The van der Waals surface area contributed by atoms with Gasteiger partial charge in [0.25, 0.3) is 0 Å². The quantitative estimate of drug-likeness (QED) is 0.818. The summed E-state index contributed by atoms with van der Waals surface area (Å²) in [5, 5.41) is 8.98. The van der Waals surface area contributed by atoms with Gasteiger partial charge in [-0.15, -0.1) is 0 Å². The van der Waals surface area contributed by atoms with Crippen molar-refractivity contribution >= 4 is 6.29 Å². The summed E-state index contributed by atoms with van der Waals surface area (Å²) in [6, 6.07) is 10.7. The van der Waals surface area contributed by atoms with Crippen LogP contribution in [-0.4, -0.2) is 23.0 Å². The summed E-state index contributed by atoms with van der Waals surface area (Å²) in [4.78, 5) is 14.9. The second kappa shape index (κ2) is 5.93. The van der Waals surface area contributed by atoms with E-state index in [1.165, 1.54) is 0 Å². The van der Waals surface area contributed by atoms with Crippen LogP contribution in [0.3, 0.4) is 0 Å². The molecule has 0 aliphatic carbocycles. The SMILES string of the molecule is O=Cc1cccnc1Oc1ccccc1CCO. The number of aliphatic hydroxyl groups is 1. The van der Waals surface area contributed by atoms with Gasteiger partial charge in [0.1, 0.15) is 5.75 Å². The summed E-state index contributed by atoms with van der Waals surface area (Å²) in [5.41, 5.74) is 1.28. The lowest BCUT2D eigenvalue weighted by Gasteiger charge is -2.10. The number of carbonyl (C=O) groups excluding carboxylic acids is 1. The molecule has 0 unspecified atom stereocenters. The fourth-order valence-corrected chi connectivity index (χ4v) is 1.61. The van der Waals surface area contributed by atoms with Crippen molar-refractivity contribution in [2.45, 2.75) is 6.42 Å². The van der Waals surface area contributed by atoms with Gasteiger partial charge >= 0.3 is 0 Å². The van der Waals surface area contributed by atoms with E-state index in [-0.39, 0.29) is 12.5 Å². The molecule has 0 aliphatic rings. The van der Waals surface area contributed by atoms with Gasteiger partial charge in [-0.1, -0.05) is 18.2 Å². The van der Waals surface area contributed by atoms with E-state index in [0.29, 0.717) is 24.0 Å². The molecule has 1 aromatic heterocycles. The van der Waals surface area contributed by atoms with Gasteiger partial charge in [0.15, 0.2) is 6.29 Å². The summed E-state index contributed by atoms with van der Waals surface area (Å²) >= 11 is 0. The monoisotopic (exact) mass is 243 g/mol. The lowest BCUT2D eigenvalue weighted by molar-refractivity contribution is 0.112. The van der Waals surface area contributed by atoms with Crippen LogP contribution in [0.1, 0.15) is 15.9 Å². The predicted octanol–water partition coefficient (Wildman–Crippen LogP) is 2.22. The summed E-state index contributed by atoms with van der Waals surface area (Å²) in [6.45, 7) is 0.0448. The maximum Gasteiger partial charge on any atom is 0.229 e. The normalized spacial score (nSPS) is 10.1. The minimum atomic E-state index is 0.0448. The molecule has 2 aromatic rings. The van der Waals surface area contributed by atoms with Gasteiger partial charge in [0.05, 0.1) is 5.56 Å². The van der Waals surface area contributed by atoms with Gasteiger partial charge in [-0.05, 0) is 30.2 Å². The smallest absolute Gasteiger partial charge is 0.229 e. The van der Waals surface area contributed by atoms with E-state index in [1.807, 2.05) is 18.2 Å². The average molecular weight is 243 g/mol. The third-order valence-corrected chi connectivity index (χ3v) is 2.49. The molecule has 1 N–H and O–H groups in total. The molecule has 4 heteroatoms. The van der Waals surface area contributed by atoms with Crippen LogP contribution in [0.5, 0.6) is 11.6 Å². The Morgan fingerprint density at radius 3 is 2.83 bits per heavy atom. The Hall–Kier alpha value is -2.20. The van der Waals surface area contributed by atoms with Crippen LogP contribution in [0.4, 0.5) is 0 Å². The molecule has 0 bridgehead atoms. The van der Waals surface area contributed by atoms with Crippen molar-refractivity contribution in [2.75, 3.05) is 6.61 Å². The molecule has 0 radical (unpaired) electrons. The fourth-order valence-electron chi connectivity index (χ4n) is 1.61. The van der Waals surface area contributed by atoms with Crippen LogP contribution in [-0.2, 0) is 6.42 Å². The molecular weight excluding hydrogens is 230 g/mol. The van der Waals surface area contributed by atoms with E-state index in [9.17, 15) is 4.79 Å². The maximum absolute atomic E-state index is 10.9. The van der Waals surface area contributed by atoms with Gasteiger partial charge in [-0.2, -0.15) is 0 Å². The van der Waals surface area contributed by atoms with Crippen molar-refractivity contribution in [1.29, 1.82) is 0 Å². The molecular formula is C14H13NO3. The molecule has 1 aromatic carbocycles. The average Bonchev–Trinajstić information content (AvgIpc) is 2.42. The predicted molar refractivity (Wildman–Crippen MR) is 66.9 cm³/mol. The number of aldehydes is 1. The molecule has 0 saturated heterocycles. The summed E-state index contributed by atoms with van der Waals surface area (Å²) in [5.74, 6) is 0.881. The Morgan fingerprint density at radius 2 is 2.06 bits per heavy atom. The summed E-state index contributed by atoms with van der Waals surface area (Å²) in [6.07, 6.45) is 2.77. The standard InChI is InChI=1S/C14H13NO3/c16-9-7-11-4-1-2-6-13(11)18-14-12(10-17)5-3-8-15-14/h1-6,8,10,16H,7,9H2. The molecule has 18 heavy (non-hydrogen) atoms. The number of pyridine rings is 1. The zero-order valence-electron chi connectivity index (χ0n) is 9.74. The van der Waals surface area contributed by atoms with Crippen molar-refractivity contribution < 1.29 is 14.6 Å². The molecule has 0 saturated carbocycles. The van der Waals surface area contributed by atoms with Crippen LogP contribution in [0.15, 0.2) is 42.6 Å². The van der Waals surface area contributed by atoms with Crippen LogP contribution in [0.25, 0.3) is 0 Å². The Labute approximate surface area is 105 Å². The van der Waals surface area contributed by atoms with Gasteiger partial charge in [0, 0.05) is 12.8 Å². The highest BCUT2D eigenvalue weighted by atomic mass is 16.5. The molecule has 92 valence electrons. The van der Waals surface area contributed by atoms with Gasteiger partial charge < -0.3 is 9.84 Å². The molecule has 0 atom stereocenters. The Kier molecular flexibility index (Phi) is 4.04. The third-order valence-electron chi connectivity index (χ3n) is 2.49. The van der Waals surface area contributed by atoms with E-state index in [4.69, 9.17) is 9.84 Å². The number of nitrogens with zero attached hydrogens (tertiary/aromatic N) is 1. The first kappa shape index (κ1) is 12.3. The maximum atomic E-state index is 10.9. The molecule has 2 rings (SSSR count). The highest BCUT2D eigenvalue weighted by Gasteiger charge is 2.08. The number of aromatic nitrogens is 1. The molecule has 0 fully saturated rings. The lowest BCUT2D eigenvalue weighted by atomic mass is 10.1. The van der Waals surface area contributed by atoms with Crippen LogP contribution in [0, 0.1) is 0 Å². The van der Waals surface area contributed by atoms with Gasteiger partial charge in [-0.25, -0.2) is 4.98 Å². The third kappa shape index (κ3) is 2.73. The number of aliphatic hydroxyl groups excluding tert-OH is 1. The Morgan fingerprint density at radius 1 is 1.22 bits per heavy atom. The second-order valence-corrected chi connectivity index (χ2v) is 3.70. The minimum Gasteiger partial charge on any atom is -0.438 e. The first-order chi connectivity index (χ1) is 8.85. The molecule has 1 heterocycles. The number of rotatable bonds is 5. The van der Waals surface area contributed by atoms with E-state index < -0.39 is 0 Å². The highest BCUT2D eigenvalue weighted by molar-refractivity contribution is 5.78. The van der Waals surface area contributed by atoms with Crippen LogP contribution < -0.4 is 4.74 Å². The van der Waals surface area contributed by atoms with E-state index in [2.05, 4.69) is 4.98 Å². The molecule has 0 aliphatic heterocycles. The molecule has 0 spiro atoms. The summed E-state index contributed by atoms with van der Waals surface area (Å²) in [7, 11) is 0.